The van der Waals surface area contributed by atoms with Crippen LogP contribution in [-0.2, 0) is 21.2 Å². The van der Waals surface area contributed by atoms with Crippen molar-refractivity contribution in [2.75, 3.05) is 30.9 Å². The standard InChI is InChI=1S/C19H27FN6O3S/c1-13-9-23-26-17(13)4-3-16(24-30(2,27)28)18(26)12-29-15-5-7-25(8-6-15)19-21-10-14(20)11-22-19/h9-11,15-16,18,24H,3-8,12H2,1-2H3/t16-,18-/m0/s1. The van der Waals surface area contributed by atoms with Gasteiger partial charge >= 0.3 is 0 Å². The molecule has 164 valence electrons. The lowest BCUT2D eigenvalue weighted by Gasteiger charge is -2.36. The van der Waals surface area contributed by atoms with Crippen molar-refractivity contribution in [2.24, 2.45) is 0 Å². The average Bonchev–Trinajstić information content (AvgIpc) is 3.08. The first-order valence-corrected chi connectivity index (χ1v) is 12.0. The van der Waals surface area contributed by atoms with Crippen molar-refractivity contribution in [3.63, 3.8) is 0 Å². The van der Waals surface area contributed by atoms with E-state index in [1.165, 1.54) is 18.6 Å². The highest BCUT2D eigenvalue weighted by Gasteiger charge is 2.34. The van der Waals surface area contributed by atoms with Gasteiger partial charge in [0.25, 0.3) is 0 Å². The van der Waals surface area contributed by atoms with E-state index in [0.29, 0.717) is 19.0 Å². The van der Waals surface area contributed by atoms with Crippen molar-refractivity contribution in [3.05, 3.63) is 35.7 Å². The highest BCUT2D eigenvalue weighted by atomic mass is 32.2. The molecule has 4 heterocycles. The van der Waals surface area contributed by atoms with Gasteiger partial charge in [-0.1, -0.05) is 0 Å². The fraction of sp³-hybridized carbons (Fsp3) is 0.632. The minimum Gasteiger partial charge on any atom is -0.376 e. The third-order valence-corrected chi connectivity index (χ3v) is 6.51. The molecule has 0 bridgehead atoms. The number of aromatic nitrogens is 4. The largest absolute Gasteiger partial charge is 0.376 e. The van der Waals surface area contributed by atoms with Gasteiger partial charge in [0.1, 0.15) is 0 Å². The molecule has 1 saturated heterocycles. The highest BCUT2D eigenvalue weighted by Crippen LogP contribution is 2.28. The Bertz CT molecular complexity index is 973. The van der Waals surface area contributed by atoms with Crippen LogP contribution in [0.15, 0.2) is 18.6 Å². The van der Waals surface area contributed by atoms with Crippen molar-refractivity contribution >= 4 is 16.0 Å². The van der Waals surface area contributed by atoms with Crippen molar-refractivity contribution < 1.29 is 17.5 Å². The minimum absolute atomic E-state index is 0.0580. The molecular formula is C19H27FN6O3S. The van der Waals surface area contributed by atoms with Gasteiger partial charge in [-0.3, -0.25) is 4.68 Å². The van der Waals surface area contributed by atoms with Crippen LogP contribution in [0.3, 0.4) is 0 Å². The third-order valence-electron chi connectivity index (χ3n) is 5.78. The lowest BCUT2D eigenvalue weighted by molar-refractivity contribution is 0.00602. The average molecular weight is 439 g/mol. The van der Waals surface area contributed by atoms with Crippen LogP contribution in [0.1, 0.15) is 36.6 Å². The second-order valence-corrected chi connectivity index (χ2v) is 9.82. The maximum Gasteiger partial charge on any atom is 0.225 e. The Morgan fingerprint density at radius 2 is 1.90 bits per heavy atom. The molecular weight excluding hydrogens is 411 g/mol. The van der Waals surface area contributed by atoms with E-state index in [0.717, 1.165) is 43.6 Å². The predicted molar refractivity (Wildman–Crippen MR) is 109 cm³/mol. The minimum atomic E-state index is -3.33. The Morgan fingerprint density at radius 1 is 1.20 bits per heavy atom. The molecule has 11 heteroatoms. The molecule has 2 aliphatic heterocycles. The van der Waals surface area contributed by atoms with E-state index >= 15 is 0 Å². The summed E-state index contributed by atoms with van der Waals surface area (Å²) in [6.45, 7) is 3.85. The fourth-order valence-electron chi connectivity index (χ4n) is 4.25. The lowest BCUT2D eigenvalue weighted by atomic mass is 9.97. The Morgan fingerprint density at radius 3 is 2.57 bits per heavy atom. The SMILES string of the molecule is Cc1cnn2c1CC[C@H](NS(C)(=O)=O)[C@@H]2COC1CCN(c2ncc(F)cn2)CC1. The van der Waals surface area contributed by atoms with Gasteiger partial charge in [-0.15, -0.1) is 0 Å². The van der Waals surface area contributed by atoms with E-state index in [2.05, 4.69) is 19.8 Å². The van der Waals surface area contributed by atoms with Gasteiger partial charge in [-0.05, 0) is 38.2 Å². The fourth-order valence-corrected chi connectivity index (χ4v) is 5.08. The number of fused-ring (bicyclic) bond motifs is 1. The van der Waals surface area contributed by atoms with Crippen LogP contribution in [0.25, 0.3) is 0 Å². The maximum absolute atomic E-state index is 13.0. The zero-order valence-electron chi connectivity index (χ0n) is 17.2. The molecule has 1 N–H and O–H groups in total. The summed E-state index contributed by atoms with van der Waals surface area (Å²) in [4.78, 5) is 10.1. The van der Waals surface area contributed by atoms with E-state index in [4.69, 9.17) is 4.74 Å². The second kappa shape index (κ2) is 8.56. The monoisotopic (exact) mass is 438 g/mol. The van der Waals surface area contributed by atoms with Crippen molar-refractivity contribution in [1.29, 1.82) is 0 Å². The molecule has 9 nitrogen and oxygen atoms in total. The van der Waals surface area contributed by atoms with Crippen LogP contribution >= 0.6 is 0 Å². The quantitative estimate of drug-likeness (QED) is 0.723. The van der Waals surface area contributed by atoms with E-state index in [9.17, 15) is 12.8 Å². The maximum atomic E-state index is 13.0. The Labute approximate surface area is 175 Å². The second-order valence-electron chi connectivity index (χ2n) is 8.04. The van der Waals surface area contributed by atoms with E-state index in [-0.39, 0.29) is 18.2 Å². The van der Waals surface area contributed by atoms with Crippen molar-refractivity contribution in [3.8, 4) is 0 Å². The summed E-state index contributed by atoms with van der Waals surface area (Å²) in [6.07, 6.45) is 8.50. The Kier molecular flexibility index (Phi) is 6.03. The van der Waals surface area contributed by atoms with E-state index < -0.39 is 15.8 Å². The van der Waals surface area contributed by atoms with Gasteiger partial charge in [0.15, 0.2) is 5.82 Å². The predicted octanol–water partition coefficient (Wildman–Crippen LogP) is 1.21. The Hall–Kier alpha value is -2.11. The zero-order chi connectivity index (χ0) is 21.3. The first kappa shape index (κ1) is 21.1. The van der Waals surface area contributed by atoms with Gasteiger partial charge in [0.2, 0.25) is 16.0 Å². The summed E-state index contributed by atoms with van der Waals surface area (Å²) in [5.74, 6) is 0.0751. The van der Waals surface area contributed by atoms with E-state index in [1.807, 2.05) is 22.7 Å². The number of aryl methyl sites for hydroxylation is 1. The van der Waals surface area contributed by atoms with Gasteiger partial charge in [0.05, 0.1) is 43.6 Å². The number of anilines is 1. The molecule has 2 atom stereocenters. The van der Waals surface area contributed by atoms with Crippen molar-refractivity contribution in [1.82, 2.24) is 24.5 Å². The first-order valence-electron chi connectivity index (χ1n) is 10.1. The summed E-state index contributed by atoms with van der Waals surface area (Å²) in [5.41, 5.74) is 2.25. The van der Waals surface area contributed by atoms with Gasteiger partial charge in [0, 0.05) is 24.8 Å². The van der Waals surface area contributed by atoms with E-state index in [1.54, 1.807) is 0 Å². The zero-order valence-corrected chi connectivity index (χ0v) is 18.0. The molecule has 2 aromatic rings. The van der Waals surface area contributed by atoms with Crippen LogP contribution in [0, 0.1) is 12.7 Å². The third kappa shape index (κ3) is 4.79. The van der Waals surface area contributed by atoms with Crippen LogP contribution < -0.4 is 9.62 Å². The van der Waals surface area contributed by atoms with Crippen LogP contribution in [0.4, 0.5) is 10.3 Å². The van der Waals surface area contributed by atoms with Crippen LogP contribution in [0.2, 0.25) is 0 Å². The Balaban J connectivity index is 1.38. The molecule has 1 fully saturated rings. The lowest BCUT2D eigenvalue weighted by Crippen LogP contribution is -2.47. The van der Waals surface area contributed by atoms with Gasteiger partial charge < -0.3 is 9.64 Å². The molecule has 30 heavy (non-hydrogen) atoms. The number of piperidine rings is 1. The number of hydrogen-bond acceptors (Lipinski definition) is 7. The molecule has 0 amide bonds. The molecule has 0 spiro atoms. The molecule has 0 radical (unpaired) electrons. The summed E-state index contributed by atoms with van der Waals surface area (Å²) < 4.78 is 47.6. The summed E-state index contributed by atoms with van der Waals surface area (Å²) in [6, 6.07) is -0.435. The van der Waals surface area contributed by atoms with Gasteiger partial charge in [-0.2, -0.15) is 5.10 Å². The molecule has 0 saturated carbocycles. The summed E-state index contributed by atoms with van der Waals surface area (Å²) >= 11 is 0. The number of halogens is 1. The van der Waals surface area contributed by atoms with Crippen LogP contribution in [-0.4, -0.2) is 66.3 Å². The molecule has 0 aliphatic carbocycles. The number of rotatable bonds is 6. The van der Waals surface area contributed by atoms with Crippen molar-refractivity contribution in [2.45, 2.75) is 50.8 Å². The number of sulfonamides is 1. The van der Waals surface area contributed by atoms with Gasteiger partial charge in [-0.25, -0.2) is 27.5 Å². The highest BCUT2D eigenvalue weighted by molar-refractivity contribution is 7.88. The number of hydrogen-bond donors (Lipinski definition) is 1. The summed E-state index contributed by atoms with van der Waals surface area (Å²) in [7, 11) is -3.33. The molecule has 0 aromatic carbocycles. The normalized spacial score (nSPS) is 22.8. The topological polar surface area (TPSA) is 102 Å². The smallest absolute Gasteiger partial charge is 0.225 e. The summed E-state index contributed by atoms with van der Waals surface area (Å²) in [5, 5.41) is 4.49. The molecule has 4 rings (SSSR count). The van der Waals surface area contributed by atoms with Crippen LogP contribution in [0.5, 0.6) is 0 Å². The molecule has 0 unspecified atom stereocenters. The molecule has 2 aromatic heterocycles. The number of nitrogens with one attached hydrogen (secondary N) is 1. The number of nitrogens with zero attached hydrogens (tertiary/aromatic N) is 5. The number of ether oxygens (including phenoxy) is 1. The first-order chi connectivity index (χ1) is 14.3. The molecule has 2 aliphatic rings.